The van der Waals surface area contributed by atoms with Crippen LogP contribution in [0.2, 0.25) is 10.0 Å². The van der Waals surface area contributed by atoms with Gasteiger partial charge in [0, 0.05) is 38.1 Å². The van der Waals surface area contributed by atoms with Crippen LogP contribution in [-0.4, -0.2) is 32.5 Å². The quantitative estimate of drug-likeness (QED) is 0.852. The molecule has 2 rings (SSSR count). The van der Waals surface area contributed by atoms with Crippen LogP contribution in [-0.2, 0) is 9.59 Å². The summed E-state index contributed by atoms with van der Waals surface area (Å²) in [5.74, 6) is -0.549. The highest BCUT2D eigenvalue weighted by molar-refractivity contribution is 6.42. The summed E-state index contributed by atoms with van der Waals surface area (Å²) in [6.07, 6.45) is 0. The van der Waals surface area contributed by atoms with E-state index >= 15 is 0 Å². The van der Waals surface area contributed by atoms with Crippen molar-refractivity contribution >= 4 is 52.1 Å². The number of benzene rings is 2. The van der Waals surface area contributed by atoms with Crippen molar-refractivity contribution in [3.05, 3.63) is 52.5 Å². The fourth-order valence-electron chi connectivity index (χ4n) is 2.23. The Morgan fingerprint density at radius 1 is 0.960 bits per heavy atom. The Kier molecular flexibility index (Phi) is 6.28. The van der Waals surface area contributed by atoms with Crippen LogP contribution in [0.4, 0.5) is 17.1 Å². The second-order valence-corrected chi connectivity index (χ2v) is 6.51. The molecule has 2 aromatic carbocycles. The smallest absolute Gasteiger partial charge is 0.244 e. The van der Waals surface area contributed by atoms with Crippen LogP contribution in [0.5, 0.6) is 0 Å². The molecule has 0 atom stereocenters. The standard InChI is InChI=1S/C18H19Cl2N3O2/c1-12(24)23(15-7-5-14(6-8-15)22(2)3)11-18(25)21-13-4-9-16(19)17(20)10-13/h4-10H,11H2,1-3H3,(H,21,25). The maximum absolute atomic E-state index is 12.3. The second-order valence-electron chi connectivity index (χ2n) is 5.69. The van der Waals surface area contributed by atoms with Crippen LogP contribution < -0.4 is 15.1 Å². The van der Waals surface area contributed by atoms with E-state index in [2.05, 4.69) is 5.32 Å². The second kappa shape index (κ2) is 8.23. The van der Waals surface area contributed by atoms with Gasteiger partial charge < -0.3 is 15.1 Å². The van der Waals surface area contributed by atoms with Gasteiger partial charge in [0.2, 0.25) is 11.8 Å². The van der Waals surface area contributed by atoms with Gasteiger partial charge >= 0.3 is 0 Å². The molecule has 0 aliphatic heterocycles. The van der Waals surface area contributed by atoms with Gasteiger partial charge in [0.25, 0.3) is 0 Å². The molecule has 2 amide bonds. The molecule has 0 aliphatic carbocycles. The average Bonchev–Trinajstić information content (AvgIpc) is 2.56. The first kappa shape index (κ1) is 19.1. The van der Waals surface area contributed by atoms with E-state index in [9.17, 15) is 9.59 Å². The Bertz CT molecular complexity index is 776. The molecule has 7 heteroatoms. The third-order valence-electron chi connectivity index (χ3n) is 3.56. The Labute approximate surface area is 157 Å². The van der Waals surface area contributed by atoms with Crippen LogP contribution >= 0.6 is 23.2 Å². The first-order valence-corrected chi connectivity index (χ1v) is 8.34. The number of carbonyl (C=O) groups excluding carboxylic acids is 2. The Balaban J connectivity index is 2.11. The lowest BCUT2D eigenvalue weighted by Crippen LogP contribution is -2.36. The zero-order valence-corrected chi connectivity index (χ0v) is 15.7. The molecule has 0 bridgehead atoms. The average molecular weight is 380 g/mol. The summed E-state index contributed by atoms with van der Waals surface area (Å²) >= 11 is 11.8. The molecule has 1 N–H and O–H groups in total. The number of halogens is 2. The minimum Gasteiger partial charge on any atom is -0.378 e. The van der Waals surface area contributed by atoms with Gasteiger partial charge in [-0.25, -0.2) is 0 Å². The minimum absolute atomic E-state index is 0.100. The number of amides is 2. The van der Waals surface area contributed by atoms with E-state index in [0.717, 1.165) is 5.69 Å². The van der Waals surface area contributed by atoms with Crippen LogP contribution in [0, 0.1) is 0 Å². The maximum atomic E-state index is 12.3. The zero-order valence-electron chi connectivity index (χ0n) is 14.2. The summed E-state index contributed by atoms with van der Waals surface area (Å²) in [6.45, 7) is 1.32. The fraction of sp³-hybridized carbons (Fsp3) is 0.222. The molecule has 2 aromatic rings. The molecule has 0 unspecified atom stereocenters. The molecule has 25 heavy (non-hydrogen) atoms. The van der Waals surface area contributed by atoms with Gasteiger partial charge in [-0.3, -0.25) is 9.59 Å². The van der Waals surface area contributed by atoms with E-state index in [1.165, 1.54) is 11.8 Å². The number of hydrogen-bond acceptors (Lipinski definition) is 3. The number of nitrogens with one attached hydrogen (secondary N) is 1. The van der Waals surface area contributed by atoms with Crippen molar-refractivity contribution in [1.82, 2.24) is 0 Å². The van der Waals surface area contributed by atoms with Crippen molar-refractivity contribution in [2.45, 2.75) is 6.92 Å². The highest BCUT2D eigenvalue weighted by Crippen LogP contribution is 2.25. The molecule has 5 nitrogen and oxygen atoms in total. The van der Waals surface area contributed by atoms with Gasteiger partial charge in [0.1, 0.15) is 6.54 Å². The first-order chi connectivity index (χ1) is 11.8. The van der Waals surface area contributed by atoms with Crippen molar-refractivity contribution < 1.29 is 9.59 Å². The highest BCUT2D eigenvalue weighted by atomic mass is 35.5. The zero-order chi connectivity index (χ0) is 18.6. The largest absolute Gasteiger partial charge is 0.378 e. The van der Waals surface area contributed by atoms with Crippen molar-refractivity contribution in [2.24, 2.45) is 0 Å². The van der Waals surface area contributed by atoms with Crippen molar-refractivity contribution in [2.75, 3.05) is 35.8 Å². The normalized spacial score (nSPS) is 10.3. The molecule has 0 radical (unpaired) electrons. The molecule has 0 heterocycles. The van der Waals surface area contributed by atoms with Gasteiger partial charge in [-0.05, 0) is 42.5 Å². The molecular weight excluding hydrogens is 361 g/mol. The topological polar surface area (TPSA) is 52.7 Å². The summed E-state index contributed by atoms with van der Waals surface area (Å²) < 4.78 is 0. The number of anilines is 3. The van der Waals surface area contributed by atoms with E-state index in [-0.39, 0.29) is 18.4 Å². The van der Waals surface area contributed by atoms with Crippen LogP contribution in [0.1, 0.15) is 6.92 Å². The first-order valence-electron chi connectivity index (χ1n) is 7.58. The third kappa shape index (κ3) is 5.11. The van der Waals surface area contributed by atoms with Crippen LogP contribution in [0.25, 0.3) is 0 Å². The van der Waals surface area contributed by atoms with Crippen molar-refractivity contribution in [3.63, 3.8) is 0 Å². The predicted octanol–water partition coefficient (Wildman–Crippen LogP) is 4.05. The van der Waals surface area contributed by atoms with E-state index in [4.69, 9.17) is 23.2 Å². The summed E-state index contributed by atoms with van der Waals surface area (Å²) in [4.78, 5) is 27.6. The van der Waals surface area contributed by atoms with Crippen LogP contribution in [0.15, 0.2) is 42.5 Å². The lowest BCUT2D eigenvalue weighted by atomic mass is 10.2. The summed E-state index contributed by atoms with van der Waals surface area (Å²) in [5, 5.41) is 3.47. The lowest BCUT2D eigenvalue weighted by molar-refractivity contribution is -0.120. The molecular formula is C18H19Cl2N3O2. The number of hydrogen-bond donors (Lipinski definition) is 1. The SMILES string of the molecule is CC(=O)N(CC(=O)Nc1ccc(Cl)c(Cl)c1)c1ccc(N(C)C)cc1. The molecule has 0 fully saturated rings. The Morgan fingerprint density at radius 3 is 2.08 bits per heavy atom. The molecule has 0 saturated heterocycles. The van der Waals surface area contributed by atoms with E-state index in [1.54, 1.807) is 18.2 Å². The fourth-order valence-corrected chi connectivity index (χ4v) is 2.53. The van der Waals surface area contributed by atoms with E-state index in [1.807, 2.05) is 43.3 Å². The van der Waals surface area contributed by atoms with Crippen molar-refractivity contribution in [3.8, 4) is 0 Å². The third-order valence-corrected chi connectivity index (χ3v) is 4.30. The minimum atomic E-state index is -0.328. The summed E-state index contributed by atoms with van der Waals surface area (Å²) in [5.41, 5.74) is 2.18. The Hall–Kier alpha value is -2.24. The number of carbonyl (C=O) groups is 2. The summed E-state index contributed by atoms with van der Waals surface area (Å²) in [6, 6.07) is 12.2. The highest BCUT2D eigenvalue weighted by Gasteiger charge is 2.16. The molecule has 0 spiro atoms. The van der Waals surface area contributed by atoms with Gasteiger partial charge in [0.15, 0.2) is 0 Å². The van der Waals surface area contributed by atoms with Gasteiger partial charge in [0.05, 0.1) is 10.0 Å². The van der Waals surface area contributed by atoms with Gasteiger partial charge in [-0.15, -0.1) is 0 Å². The molecule has 132 valence electrons. The number of nitrogens with zero attached hydrogens (tertiary/aromatic N) is 2. The predicted molar refractivity (Wildman–Crippen MR) is 104 cm³/mol. The molecule has 0 aromatic heterocycles. The van der Waals surface area contributed by atoms with Gasteiger partial charge in [-0.1, -0.05) is 23.2 Å². The van der Waals surface area contributed by atoms with E-state index in [0.29, 0.717) is 21.4 Å². The van der Waals surface area contributed by atoms with Crippen LogP contribution in [0.3, 0.4) is 0 Å². The van der Waals surface area contributed by atoms with Gasteiger partial charge in [-0.2, -0.15) is 0 Å². The monoisotopic (exact) mass is 379 g/mol. The Morgan fingerprint density at radius 2 is 1.56 bits per heavy atom. The molecule has 0 saturated carbocycles. The summed E-state index contributed by atoms with van der Waals surface area (Å²) in [7, 11) is 3.87. The lowest BCUT2D eigenvalue weighted by Gasteiger charge is -2.22. The maximum Gasteiger partial charge on any atom is 0.244 e. The van der Waals surface area contributed by atoms with E-state index < -0.39 is 0 Å². The number of rotatable bonds is 5. The van der Waals surface area contributed by atoms with Crippen molar-refractivity contribution in [1.29, 1.82) is 0 Å². The molecule has 0 aliphatic rings.